The van der Waals surface area contributed by atoms with Crippen LogP contribution in [-0.2, 0) is 0 Å². The fraction of sp³-hybridized carbons (Fsp3) is 1.00. The average Bonchev–Trinajstić information content (AvgIpc) is 2.03. The van der Waals surface area contributed by atoms with Crippen LogP contribution in [0.15, 0.2) is 0 Å². The molecular weight excluding hydrogens is 327 g/mol. The van der Waals surface area contributed by atoms with Gasteiger partial charge in [-0.1, -0.05) is 15.9 Å². The molecule has 0 aromatic heterocycles. The van der Waals surface area contributed by atoms with Gasteiger partial charge in [0.25, 0.3) is 0 Å². The summed E-state index contributed by atoms with van der Waals surface area (Å²) in [5, 5.41) is 0.910. The lowest BCUT2D eigenvalue weighted by Gasteiger charge is -2.31. The molecule has 1 nitrogen and oxygen atoms in total. The van der Waals surface area contributed by atoms with Gasteiger partial charge in [0, 0.05) is 5.33 Å². The average molecular weight is 341 g/mol. The first-order valence-electron chi connectivity index (χ1n) is 4.36. The van der Waals surface area contributed by atoms with E-state index in [2.05, 4.69) is 15.9 Å². The van der Waals surface area contributed by atoms with Crippen LogP contribution in [0, 0.1) is 5.92 Å². The number of halogens is 5. The van der Waals surface area contributed by atoms with Crippen LogP contribution in [0.1, 0.15) is 12.8 Å². The Hall–Kier alpha value is 0.710. The number of nitrogens with zero attached hydrogens (tertiary/aromatic N) is 1. The van der Waals surface area contributed by atoms with E-state index in [-0.39, 0.29) is 17.0 Å². The Morgan fingerprint density at radius 1 is 1.21 bits per heavy atom. The van der Waals surface area contributed by atoms with E-state index in [1.807, 2.05) is 0 Å². The van der Waals surface area contributed by atoms with Crippen molar-refractivity contribution >= 4 is 32.9 Å². The summed E-state index contributed by atoms with van der Waals surface area (Å²) >= 11 is 3.35. The molecule has 1 heterocycles. The third kappa shape index (κ3) is 5.56. The van der Waals surface area contributed by atoms with Gasteiger partial charge in [0.2, 0.25) is 0 Å². The van der Waals surface area contributed by atoms with Crippen LogP contribution in [0.5, 0.6) is 0 Å². The molecule has 0 N–H and O–H groups in total. The van der Waals surface area contributed by atoms with Crippen molar-refractivity contribution in [2.75, 3.05) is 25.0 Å². The van der Waals surface area contributed by atoms with Crippen LogP contribution in [-0.4, -0.2) is 36.0 Å². The highest BCUT2D eigenvalue weighted by atomic mass is 79.9. The standard InChI is InChI=1S/C8H13BrF3N.BrH/c9-5-7-1-3-13(4-2-7)6-8(10,11)12;/h7H,1-6H2;1H. The molecule has 0 amide bonds. The van der Waals surface area contributed by atoms with Gasteiger partial charge in [-0.2, -0.15) is 13.2 Å². The maximum atomic E-state index is 12.0. The summed E-state index contributed by atoms with van der Waals surface area (Å²) in [6, 6.07) is 0. The lowest BCUT2D eigenvalue weighted by atomic mass is 9.99. The number of rotatable bonds is 2. The Bertz CT molecular complexity index is 155. The largest absolute Gasteiger partial charge is 0.401 e. The second-order valence-corrected chi connectivity index (χ2v) is 4.14. The molecule has 0 unspecified atom stereocenters. The molecular formula is C8H14Br2F3N. The van der Waals surface area contributed by atoms with E-state index < -0.39 is 12.7 Å². The number of piperidine rings is 1. The number of hydrogen-bond acceptors (Lipinski definition) is 1. The zero-order chi connectivity index (χ0) is 9.90. The molecule has 6 heteroatoms. The zero-order valence-electron chi connectivity index (χ0n) is 7.69. The third-order valence-corrected chi connectivity index (χ3v) is 3.24. The van der Waals surface area contributed by atoms with Crippen LogP contribution in [0.25, 0.3) is 0 Å². The van der Waals surface area contributed by atoms with E-state index in [0.29, 0.717) is 19.0 Å². The first-order valence-corrected chi connectivity index (χ1v) is 5.48. The summed E-state index contributed by atoms with van der Waals surface area (Å²) in [5.41, 5.74) is 0. The SMILES string of the molecule is Br.FC(F)(F)CN1CCC(CBr)CC1. The van der Waals surface area contributed by atoms with Crippen molar-refractivity contribution in [3.05, 3.63) is 0 Å². The van der Waals surface area contributed by atoms with E-state index in [9.17, 15) is 13.2 Å². The molecule has 0 aliphatic carbocycles. The van der Waals surface area contributed by atoms with Crippen molar-refractivity contribution in [1.29, 1.82) is 0 Å². The molecule has 86 valence electrons. The van der Waals surface area contributed by atoms with Gasteiger partial charge >= 0.3 is 6.18 Å². The van der Waals surface area contributed by atoms with E-state index in [4.69, 9.17) is 0 Å². The Kier molecular flexibility index (Phi) is 6.65. The van der Waals surface area contributed by atoms with Gasteiger partial charge in [-0.25, -0.2) is 0 Å². The first kappa shape index (κ1) is 14.7. The fourth-order valence-electron chi connectivity index (χ4n) is 1.55. The van der Waals surface area contributed by atoms with Crippen molar-refractivity contribution in [2.24, 2.45) is 5.92 Å². The molecule has 0 radical (unpaired) electrons. The Morgan fingerprint density at radius 3 is 2.07 bits per heavy atom. The summed E-state index contributed by atoms with van der Waals surface area (Å²) < 4.78 is 35.9. The van der Waals surface area contributed by atoms with E-state index in [1.54, 1.807) is 0 Å². The molecule has 0 bridgehead atoms. The molecule has 0 spiro atoms. The van der Waals surface area contributed by atoms with E-state index >= 15 is 0 Å². The predicted molar refractivity (Wildman–Crippen MR) is 59.3 cm³/mol. The minimum atomic E-state index is -4.04. The molecule has 1 rings (SSSR count). The van der Waals surface area contributed by atoms with E-state index in [0.717, 1.165) is 18.2 Å². The fourth-order valence-corrected chi connectivity index (χ4v) is 2.20. The quantitative estimate of drug-likeness (QED) is 0.697. The lowest BCUT2D eigenvalue weighted by molar-refractivity contribution is -0.148. The smallest absolute Gasteiger partial charge is 0.295 e. The van der Waals surface area contributed by atoms with Gasteiger partial charge < -0.3 is 0 Å². The molecule has 1 saturated heterocycles. The first-order chi connectivity index (χ1) is 6.01. The highest BCUT2D eigenvalue weighted by molar-refractivity contribution is 9.09. The van der Waals surface area contributed by atoms with Crippen LogP contribution in [0.2, 0.25) is 0 Å². The van der Waals surface area contributed by atoms with Crippen LogP contribution in [0.4, 0.5) is 13.2 Å². The highest BCUT2D eigenvalue weighted by Crippen LogP contribution is 2.23. The van der Waals surface area contributed by atoms with Gasteiger partial charge in [0.15, 0.2) is 0 Å². The molecule has 1 fully saturated rings. The minimum Gasteiger partial charge on any atom is -0.295 e. The number of hydrogen-bond donors (Lipinski definition) is 0. The van der Waals surface area contributed by atoms with Crippen molar-refractivity contribution in [2.45, 2.75) is 19.0 Å². The van der Waals surface area contributed by atoms with E-state index in [1.165, 1.54) is 4.90 Å². The maximum Gasteiger partial charge on any atom is 0.401 e. The second-order valence-electron chi connectivity index (χ2n) is 3.49. The van der Waals surface area contributed by atoms with Gasteiger partial charge in [0.05, 0.1) is 6.54 Å². The lowest BCUT2D eigenvalue weighted by Crippen LogP contribution is -2.40. The molecule has 1 aliphatic rings. The normalized spacial score (nSPS) is 20.6. The van der Waals surface area contributed by atoms with Crippen LogP contribution >= 0.6 is 32.9 Å². The van der Waals surface area contributed by atoms with Gasteiger partial charge in [0.1, 0.15) is 0 Å². The molecule has 0 saturated carbocycles. The maximum absolute atomic E-state index is 12.0. The van der Waals surface area contributed by atoms with Crippen molar-refractivity contribution in [3.8, 4) is 0 Å². The van der Waals surface area contributed by atoms with Crippen molar-refractivity contribution < 1.29 is 13.2 Å². The second kappa shape index (κ2) is 6.33. The van der Waals surface area contributed by atoms with Crippen LogP contribution < -0.4 is 0 Å². The van der Waals surface area contributed by atoms with Gasteiger partial charge in [-0.05, 0) is 31.8 Å². The van der Waals surface area contributed by atoms with Crippen molar-refractivity contribution in [3.63, 3.8) is 0 Å². The Balaban J connectivity index is 0.00000169. The summed E-state index contributed by atoms with van der Waals surface area (Å²) in [6.45, 7) is 0.410. The molecule has 1 aliphatic heterocycles. The summed E-state index contributed by atoms with van der Waals surface area (Å²) in [6.07, 6.45) is -2.29. The third-order valence-electron chi connectivity index (χ3n) is 2.33. The Morgan fingerprint density at radius 2 is 1.71 bits per heavy atom. The summed E-state index contributed by atoms with van der Waals surface area (Å²) in [5.74, 6) is 0.560. The number of likely N-dealkylation sites (tertiary alicyclic amines) is 1. The highest BCUT2D eigenvalue weighted by Gasteiger charge is 2.32. The van der Waals surface area contributed by atoms with Gasteiger partial charge in [-0.3, -0.25) is 4.90 Å². The summed E-state index contributed by atoms with van der Waals surface area (Å²) in [7, 11) is 0. The monoisotopic (exact) mass is 339 g/mol. The minimum absolute atomic E-state index is 0. The molecule has 0 atom stereocenters. The topological polar surface area (TPSA) is 3.24 Å². The number of alkyl halides is 4. The summed E-state index contributed by atoms with van der Waals surface area (Å²) in [4.78, 5) is 1.49. The molecule has 0 aromatic carbocycles. The van der Waals surface area contributed by atoms with Gasteiger partial charge in [-0.15, -0.1) is 17.0 Å². The molecule has 14 heavy (non-hydrogen) atoms. The predicted octanol–water partition coefficient (Wildman–Crippen LogP) is 3.23. The molecule has 0 aromatic rings. The Labute approximate surface area is 101 Å². The zero-order valence-corrected chi connectivity index (χ0v) is 11.0. The van der Waals surface area contributed by atoms with Crippen LogP contribution in [0.3, 0.4) is 0 Å². The van der Waals surface area contributed by atoms with Crippen molar-refractivity contribution in [1.82, 2.24) is 4.90 Å².